The van der Waals surface area contributed by atoms with Gasteiger partial charge >= 0.3 is 6.18 Å². The average Bonchev–Trinajstić information content (AvgIpc) is 3.13. The summed E-state index contributed by atoms with van der Waals surface area (Å²) in [4.78, 5) is 0. The molecule has 1 N–H and O–H groups in total. The van der Waals surface area contributed by atoms with E-state index >= 15 is 0 Å². The van der Waals surface area contributed by atoms with Gasteiger partial charge in [0, 0.05) is 12.3 Å². The zero-order chi connectivity index (χ0) is 20.4. The zero-order valence-electron chi connectivity index (χ0n) is 16.4. The van der Waals surface area contributed by atoms with Crippen molar-refractivity contribution in [1.29, 1.82) is 0 Å². The first-order valence-electron chi connectivity index (χ1n) is 10.0. The van der Waals surface area contributed by atoms with Crippen LogP contribution in [0, 0.1) is 11.8 Å². The van der Waals surface area contributed by atoms with Gasteiger partial charge in [0.15, 0.2) is 0 Å². The maximum absolute atomic E-state index is 13.8. The molecule has 0 bridgehead atoms. The molecule has 2 fully saturated rings. The lowest BCUT2D eigenvalue weighted by atomic mass is 9.86. The highest BCUT2D eigenvalue weighted by atomic mass is 19.4. The largest absolute Gasteiger partial charge is 0.491 e. The highest BCUT2D eigenvalue weighted by Crippen LogP contribution is 2.48. The van der Waals surface area contributed by atoms with Crippen molar-refractivity contribution >= 4 is 0 Å². The van der Waals surface area contributed by atoms with Crippen molar-refractivity contribution in [2.24, 2.45) is 11.8 Å². The summed E-state index contributed by atoms with van der Waals surface area (Å²) in [7, 11) is 0. The fourth-order valence-corrected chi connectivity index (χ4v) is 4.52. The molecule has 1 aliphatic heterocycles. The van der Waals surface area contributed by atoms with E-state index in [2.05, 4.69) is 5.32 Å². The second kappa shape index (κ2) is 8.57. The molecule has 0 aromatic rings. The Morgan fingerprint density at radius 2 is 2.07 bits per heavy atom. The van der Waals surface area contributed by atoms with Gasteiger partial charge in [-0.1, -0.05) is 6.08 Å². The summed E-state index contributed by atoms with van der Waals surface area (Å²) in [5, 5.41) is 2.52. The predicted octanol–water partition coefficient (Wildman–Crippen LogP) is 5.21. The van der Waals surface area contributed by atoms with E-state index in [-0.39, 0.29) is 35.8 Å². The van der Waals surface area contributed by atoms with Gasteiger partial charge in [0.1, 0.15) is 11.6 Å². The molecule has 1 saturated heterocycles. The number of alkyl halides is 3. The fraction of sp³-hybridized carbons (Fsp3) is 0.714. The molecule has 7 heteroatoms. The lowest BCUT2D eigenvalue weighted by molar-refractivity contribution is -0.125. The molecule has 0 aromatic heterocycles. The van der Waals surface area contributed by atoms with E-state index in [0.29, 0.717) is 18.9 Å². The molecule has 0 aromatic carbocycles. The van der Waals surface area contributed by atoms with Gasteiger partial charge in [0.25, 0.3) is 0 Å². The molecule has 0 amide bonds. The Kier molecular flexibility index (Phi) is 6.54. The molecule has 3 rings (SSSR count). The van der Waals surface area contributed by atoms with Crippen LogP contribution >= 0.6 is 0 Å². The highest BCUT2D eigenvalue weighted by Gasteiger charge is 2.47. The molecule has 1 unspecified atom stereocenters. The Labute approximate surface area is 163 Å². The Hall–Kier alpha value is -1.34. The molecular weight excluding hydrogens is 374 g/mol. The van der Waals surface area contributed by atoms with Crippen molar-refractivity contribution in [3.63, 3.8) is 0 Å². The van der Waals surface area contributed by atoms with E-state index in [1.165, 1.54) is 6.08 Å². The molecule has 3 atom stereocenters. The first-order valence-corrected chi connectivity index (χ1v) is 10.0. The van der Waals surface area contributed by atoms with Crippen molar-refractivity contribution in [2.45, 2.75) is 63.8 Å². The number of ether oxygens (including phenoxy) is 2. The maximum Gasteiger partial charge on any atom is 0.401 e. The van der Waals surface area contributed by atoms with Gasteiger partial charge in [-0.2, -0.15) is 13.2 Å². The third-order valence-corrected chi connectivity index (χ3v) is 5.66. The standard InChI is InChI=1S/C21H29F4NO2/c1-14(2)28-19-6-4-17(22)3-5-18(19)16-10-20(27-12-16)8-7-15(9-20)11-26-13-21(23,24)25/h4-6,14-16,26H,3,7-13H2,1-2H3/t15?,16-,20+/m1/s1. The van der Waals surface area contributed by atoms with Gasteiger partial charge in [-0.25, -0.2) is 4.39 Å². The van der Waals surface area contributed by atoms with Crippen molar-refractivity contribution in [1.82, 2.24) is 5.32 Å². The Bertz CT molecular complexity index is 653. The summed E-state index contributed by atoms with van der Waals surface area (Å²) in [6.07, 6.45) is 4.34. The van der Waals surface area contributed by atoms with Crippen LogP contribution in [-0.2, 0) is 9.47 Å². The number of rotatable bonds is 6. The SMILES string of the molecule is CC(C)OC1=CC=C(F)CC=C1[C@H]1CO[C@]2(CCC(CNCC(F)(F)F)C2)C1. The van der Waals surface area contributed by atoms with Crippen LogP contribution < -0.4 is 5.32 Å². The lowest BCUT2D eigenvalue weighted by Crippen LogP contribution is -2.33. The monoisotopic (exact) mass is 403 g/mol. The molecule has 1 heterocycles. The molecule has 0 radical (unpaired) electrons. The lowest BCUT2D eigenvalue weighted by Gasteiger charge is -2.24. The second-order valence-corrected chi connectivity index (χ2v) is 8.42. The Morgan fingerprint density at radius 3 is 2.79 bits per heavy atom. The van der Waals surface area contributed by atoms with Crippen molar-refractivity contribution in [2.75, 3.05) is 19.7 Å². The summed E-state index contributed by atoms with van der Waals surface area (Å²) in [5.41, 5.74) is 0.699. The van der Waals surface area contributed by atoms with Gasteiger partial charge in [-0.05, 0) is 69.7 Å². The third kappa shape index (κ3) is 5.60. The fourth-order valence-electron chi connectivity index (χ4n) is 4.52. The summed E-state index contributed by atoms with van der Waals surface area (Å²) in [6.45, 7) is 3.81. The second-order valence-electron chi connectivity index (χ2n) is 8.42. The normalized spacial score (nSPS) is 31.0. The van der Waals surface area contributed by atoms with Crippen LogP contribution in [0.15, 0.2) is 35.4 Å². The van der Waals surface area contributed by atoms with E-state index in [9.17, 15) is 17.6 Å². The van der Waals surface area contributed by atoms with Crippen molar-refractivity contribution < 1.29 is 27.0 Å². The van der Waals surface area contributed by atoms with Crippen LogP contribution in [0.25, 0.3) is 0 Å². The number of allylic oxidation sites excluding steroid dienone is 5. The van der Waals surface area contributed by atoms with Crippen molar-refractivity contribution in [3.05, 3.63) is 35.4 Å². The summed E-state index contributed by atoms with van der Waals surface area (Å²) in [6, 6.07) is 0. The first kappa shape index (κ1) is 21.4. The summed E-state index contributed by atoms with van der Waals surface area (Å²) in [5.74, 6) is 0.788. The number of hydrogen-bond donors (Lipinski definition) is 1. The first-order chi connectivity index (χ1) is 13.2. The van der Waals surface area contributed by atoms with Crippen LogP contribution in [0.1, 0.15) is 46.0 Å². The zero-order valence-corrected chi connectivity index (χ0v) is 16.4. The van der Waals surface area contributed by atoms with E-state index in [1.54, 1.807) is 6.08 Å². The summed E-state index contributed by atoms with van der Waals surface area (Å²) >= 11 is 0. The van der Waals surface area contributed by atoms with E-state index in [1.807, 2.05) is 19.9 Å². The number of halogens is 4. The predicted molar refractivity (Wildman–Crippen MR) is 99.3 cm³/mol. The molecule has 2 aliphatic carbocycles. The van der Waals surface area contributed by atoms with Crippen LogP contribution in [-0.4, -0.2) is 37.6 Å². The Balaban J connectivity index is 1.60. The molecule has 3 nitrogen and oxygen atoms in total. The van der Waals surface area contributed by atoms with Crippen LogP contribution in [0.3, 0.4) is 0 Å². The quantitative estimate of drug-likeness (QED) is 0.618. The third-order valence-electron chi connectivity index (χ3n) is 5.66. The van der Waals surface area contributed by atoms with Gasteiger partial charge < -0.3 is 14.8 Å². The topological polar surface area (TPSA) is 30.5 Å². The molecular formula is C21H29F4NO2. The molecule has 3 aliphatic rings. The van der Waals surface area contributed by atoms with Crippen LogP contribution in [0.4, 0.5) is 17.6 Å². The van der Waals surface area contributed by atoms with E-state index in [4.69, 9.17) is 9.47 Å². The highest BCUT2D eigenvalue weighted by molar-refractivity contribution is 5.36. The molecule has 158 valence electrons. The smallest absolute Gasteiger partial charge is 0.401 e. The average molecular weight is 403 g/mol. The van der Waals surface area contributed by atoms with Gasteiger partial charge in [0.2, 0.25) is 0 Å². The van der Waals surface area contributed by atoms with Crippen LogP contribution in [0.2, 0.25) is 0 Å². The van der Waals surface area contributed by atoms with E-state index < -0.39 is 12.7 Å². The maximum atomic E-state index is 13.8. The van der Waals surface area contributed by atoms with Gasteiger partial charge in [-0.15, -0.1) is 0 Å². The minimum atomic E-state index is -4.18. The molecule has 28 heavy (non-hydrogen) atoms. The Morgan fingerprint density at radius 1 is 1.29 bits per heavy atom. The molecule has 1 saturated carbocycles. The van der Waals surface area contributed by atoms with Gasteiger partial charge in [0.05, 0.1) is 24.9 Å². The minimum absolute atomic E-state index is 0.0175. The van der Waals surface area contributed by atoms with Crippen molar-refractivity contribution in [3.8, 4) is 0 Å². The van der Waals surface area contributed by atoms with E-state index in [0.717, 1.165) is 31.3 Å². The summed E-state index contributed by atoms with van der Waals surface area (Å²) < 4.78 is 62.8. The van der Waals surface area contributed by atoms with Crippen LogP contribution in [0.5, 0.6) is 0 Å². The minimum Gasteiger partial charge on any atom is -0.491 e. The number of nitrogens with one attached hydrogen (secondary N) is 1. The van der Waals surface area contributed by atoms with Gasteiger partial charge in [-0.3, -0.25) is 0 Å². The molecule has 1 spiro atoms. The number of hydrogen-bond acceptors (Lipinski definition) is 3.